The third-order valence-electron chi connectivity index (χ3n) is 4.64. The van der Waals surface area contributed by atoms with Crippen molar-refractivity contribution in [1.29, 1.82) is 0 Å². The van der Waals surface area contributed by atoms with Crippen molar-refractivity contribution in [3.05, 3.63) is 0 Å². The summed E-state index contributed by atoms with van der Waals surface area (Å²) in [4.78, 5) is 0. The van der Waals surface area contributed by atoms with Crippen LogP contribution in [-0.4, -0.2) is 33.5 Å². The van der Waals surface area contributed by atoms with E-state index < -0.39 is 11.6 Å². The smallest absolute Gasteiger partial charge is 0.308 e. The van der Waals surface area contributed by atoms with Crippen LogP contribution >= 0.6 is 0 Å². The second kappa shape index (κ2) is 4.19. The third kappa shape index (κ3) is 2.24. The molecule has 100 valence electrons. The molecular formula is C13H24O4. The fourth-order valence-corrected chi connectivity index (χ4v) is 3.47. The van der Waals surface area contributed by atoms with Gasteiger partial charge in [-0.3, -0.25) is 0 Å². The first-order chi connectivity index (χ1) is 7.78. The van der Waals surface area contributed by atoms with Crippen molar-refractivity contribution < 1.29 is 20.1 Å². The van der Waals surface area contributed by atoms with Crippen LogP contribution in [-0.2, 0) is 4.74 Å². The standard InChI is InChI=1S/C13H24O4/c1-8(2)10-5-4-9(3)6-11(10)12(7-17-12)13(14,15)16/h8-11,14-16H,4-7H2,1-3H3/t9-,10+,11-,12?/m0/s1. The monoisotopic (exact) mass is 244 g/mol. The lowest BCUT2D eigenvalue weighted by atomic mass is 9.64. The number of epoxide rings is 1. The maximum atomic E-state index is 9.53. The van der Waals surface area contributed by atoms with Crippen molar-refractivity contribution in [2.24, 2.45) is 23.7 Å². The minimum Gasteiger partial charge on any atom is -0.360 e. The van der Waals surface area contributed by atoms with Gasteiger partial charge in [0.15, 0.2) is 5.60 Å². The summed E-state index contributed by atoms with van der Waals surface area (Å²) < 4.78 is 5.28. The van der Waals surface area contributed by atoms with Gasteiger partial charge in [0.2, 0.25) is 0 Å². The minimum absolute atomic E-state index is 0.0336. The Morgan fingerprint density at radius 3 is 2.24 bits per heavy atom. The van der Waals surface area contributed by atoms with Gasteiger partial charge in [0, 0.05) is 5.92 Å². The number of ether oxygens (including phenoxy) is 1. The van der Waals surface area contributed by atoms with Gasteiger partial charge in [-0.25, -0.2) is 0 Å². The Bertz CT molecular complexity index is 278. The average molecular weight is 244 g/mol. The normalized spacial score (nSPS) is 42.9. The second-order valence-corrected chi connectivity index (χ2v) is 6.25. The van der Waals surface area contributed by atoms with Crippen LogP contribution in [0.2, 0.25) is 0 Å². The number of aliphatic hydroxyl groups is 3. The Hall–Kier alpha value is -0.160. The molecule has 4 atom stereocenters. The summed E-state index contributed by atoms with van der Waals surface area (Å²) in [6.45, 7) is 6.72. The second-order valence-electron chi connectivity index (χ2n) is 6.25. The highest BCUT2D eigenvalue weighted by molar-refractivity contribution is 5.07. The van der Waals surface area contributed by atoms with Crippen LogP contribution in [0.5, 0.6) is 0 Å². The van der Waals surface area contributed by atoms with Crippen LogP contribution in [0.4, 0.5) is 0 Å². The molecule has 1 aliphatic heterocycles. The molecule has 0 aromatic rings. The number of hydrogen-bond donors (Lipinski definition) is 3. The zero-order valence-electron chi connectivity index (χ0n) is 10.9. The molecule has 1 saturated heterocycles. The molecule has 4 nitrogen and oxygen atoms in total. The Morgan fingerprint density at radius 1 is 1.24 bits per heavy atom. The molecule has 0 aromatic carbocycles. The van der Waals surface area contributed by atoms with Crippen molar-refractivity contribution >= 4 is 0 Å². The van der Waals surface area contributed by atoms with Gasteiger partial charge in [-0.15, -0.1) is 0 Å². The van der Waals surface area contributed by atoms with Gasteiger partial charge in [-0.1, -0.05) is 27.2 Å². The fourth-order valence-electron chi connectivity index (χ4n) is 3.47. The van der Waals surface area contributed by atoms with Gasteiger partial charge >= 0.3 is 5.97 Å². The molecule has 1 aliphatic carbocycles. The molecule has 1 heterocycles. The maximum Gasteiger partial charge on any atom is 0.308 e. The van der Waals surface area contributed by atoms with E-state index in [0.29, 0.717) is 17.8 Å². The van der Waals surface area contributed by atoms with Gasteiger partial charge in [0.25, 0.3) is 0 Å². The van der Waals surface area contributed by atoms with E-state index in [4.69, 9.17) is 4.74 Å². The Balaban J connectivity index is 2.21. The maximum absolute atomic E-state index is 9.53. The molecule has 0 amide bonds. The van der Waals surface area contributed by atoms with E-state index in [1.165, 1.54) is 6.42 Å². The van der Waals surface area contributed by atoms with Crippen LogP contribution in [0, 0.1) is 23.7 Å². The van der Waals surface area contributed by atoms with E-state index in [0.717, 1.165) is 12.8 Å². The van der Waals surface area contributed by atoms with E-state index in [9.17, 15) is 15.3 Å². The largest absolute Gasteiger partial charge is 0.360 e. The lowest BCUT2D eigenvalue weighted by Gasteiger charge is -2.42. The summed E-state index contributed by atoms with van der Waals surface area (Å²) in [5, 5.41) is 28.6. The zero-order valence-corrected chi connectivity index (χ0v) is 10.9. The minimum atomic E-state index is -2.71. The molecule has 0 aromatic heterocycles. The van der Waals surface area contributed by atoms with Gasteiger partial charge in [-0.05, 0) is 30.6 Å². The first-order valence-electron chi connectivity index (χ1n) is 6.59. The molecule has 1 saturated carbocycles. The predicted molar refractivity (Wildman–Crippen MR) is 62.9 cm³/mol. The van der Waals surface area contributed by atoms with Crippen LogP contribution in [0.1, 0.15) is 40.0 Å². The summed E-state index contributed by atoms with van der Waals surface area (Å²) in [6, 6.07) is 0. The van der Waals surface area contributed by atoms with E-state index in [2.05, 4.69) is 20.8 Å². The SMILES string of the molecule is CC(C)[C@H]1CC[C@H](C)C[C@@H]1C1(C(O)(O)O)CO1. The van der Waals surface area contributed by atoms with Crippen molar-refractivity contribution in [1.82, 2.24) is 0 Å². The van der Waals surface area contributed by atoms with Gasteiger partial charge in [0.05, 0.1) is 6.61 Å². The van der Waals surface area contributed by atoms with Crippen molar-refractivity contribution in [3.8, 4) is 0 Å². The summed E-state index contributed by atoms with van der Waals surface area (Å²) >= 11 is 0. The van der Waals surface area contributed by atoms with Gasteiger partial charge in [-0.2, -0.15) is 0 Å². The lowest BCUT2D eigenvalue weighted by Crippen LogP contribution is -2.54. The third-order valence-corrected chi connectivity index (χ3v) is 4.64. The number of rotatable bonds is 3. The molecular weight excluding hydrogens is 220 g/mol. The van der Waals surface area contributed by atoms with Crippen LogP contribution in [0.3, 0.4) is 0 Å². The molecule has 2 fully saturated rings. The number of hydrogen-bond acceptors (Lipinski definition) is 4. The van der Waals surface area contributed by atoms with E-state index in [1.807, 2.05) is 0 Å². The summed E-state index contributed by atoms with van der Waals surface area (Å²) in [5.41, 5.74) is -1.14. The highest BCUT2D eigenvalue weighted by atomic mass is 16.7. The Morgan fingerprint density at radius 2 is 1.82 bits per heavy atom. The van der Waals surface area contributed by atoms with Gasteiger partial charge in [0.1, 0.15) is 0 Å². The van der Waals surface area contributed by atoms with Crippen LogP contribution in [0.25, 0.3) is 0 Å². The average Bonchev–Trinajstić information content (AvgIpc) is 2.96. The van der Waals surface area contributed by atoms with E-state index in [-0.39, 0.29) is 12.5 Å². The summed E-state index contributed by atoms with van der Waals surface area (Å²) in [7, 11) is 0. The molecule has 2 rings (SSSR count). The summed E-state index contributed by atoms with van der Waals surface area (Å²) in [6.07, 6.45) is 3.14. The van der Waals surface area contributed by atoms with Crippen molar-refractivity contribution in [2.45, 2.75) is 51.6 Å². The molecule has 0 radical (unpaired) electrons. The quantitative estimate of drug-likeness (QED) is 0.513. The predicted octanol–water partition coefficient (Wildman–Crippen LogP) is 1.09. The Labute approximate surface area is 103 Å². The van der Waals surface area contributed by atoms with Gasteiger partial charge < -0.3 is 20.1 Å². The van der Waals surface area contributed by atoms with Crippen molar-refractivity contribution in [3.63, 3.8) is 0 Å². The highest BCUT2D eigenvalue weighted by Crippen LogP contribution is 2.53. The molecule has 2 aliphatic rings. The first-order valence-corrected chi connectivity index (χ1v) is 6.59. The molecule has 0 bridgehead atoms. The molecule has 17 heavy (non-hydrogen) atoms. The van der Waals surface area contributed by atoms with Crippen molar-refractivity contribution in [2.75, 3.05) is 6.61 Å². The fraction of sp³-hybridized carbons (Fsp3) is 1.00. The Kier molecular flexibility index (Phi) is 3.28. The molecule has 3 N–H and O–H groups in total. The summed E-state index contributed by atoms with van der Waals surface area (Å²) in [5.74, 6) is -1.26. The molecule has 0 spiro atoms. The van der Waals surface area contributed by atoms with E-state index in [1.54, 1.807) is 0 Å². The zero-order chi connectivity index (χ0) is 12.8. The highest BCUT2D eigenvalue weighted by Gasteiger charge is 2.67. The first kappa shape index (κ1) is 13.3. The van der Waals surface area contributed by atoms with Crippen LogP contribution in [0.15, 0.2) is 0 Å². The topological polar surface area (TPSA) is 73.2 Å². The van der Waals surface area contributed by atoms with E-state index >= 15 is 0 Å². The lowest BCUT2D eigenvalue weighted by molar-refractivity contribution is -0.357. The molecule has 1 unspecified atom stereocenters. The molecule has 4 heteroatoms. The van der Waals surface area contributed by atoms with Crippen LogP contribution < -0.4 is 0 Å².